The minimum Gasteiger partial charge on any atom is -0.369 e. The first-order valence-electron chi connectivity index (χ1n) is 10.3. The Labute approximate surface area is 172 Å². The summed E-state index contributed by atoms with van der Waals surface area (Å²) in [7, 11) is 0. The third-order valence-corrected chi connectivity index (χ3v) is 5.28. The largest absolute Gasteiger partial charge is 0.458 e. The van der Waals surface area contributed by atoms with Crippen LogP contribution in [-0.2, 0) is 5.92 Å². The summed E-state index contributed by atoms with van der Waals surface area (Å²) < 4.78 is 108. The molecule has 0 N–H and O–H groups in total. The molecular formula is C21H29F8N. The van der Waals surface area contributed by atoms with Gasteiger partial charge in [-0.3, -0.25) is 0 Å². The molecule has 1 nitrogen and oxygen atoms in total. The van der Waals surface area contributed by atoms with Gasteiger partial charge in [-0.05, 0) is 18.8 Å². The molecule has 0 saturated carbocycles. The van der Waals surface area contributed by atoms with Gasteiger partial charge in [0.05, 0.1) is 5.69 Å². The molecular weight excluding hydrogens is 418 g/mol. The van der Waals surface area contributed by atoms with Crippen molar-refractivity contribution in [1.82, 2.24) is 0 Å². The maximum absolute atomic E-state index is 14.8. The van der Waals surface area contributed by atoms with Crippen molar-refractivity contribution in [3.8, 4) is 0 Å². The van der Waals surface area contributed by atoms with Crippen molar-refractivity contribution in [3.05, 3.63) is 29.1 Å². The summed E-state index contributed by atoms with van der Waals surface area (Å²) in [5.41, 5.74) is -3.36. The van der Waals surface area contributed by atoms with Crippen LogP contribution in [0.3, 0.4) is 0 Å². The fourth-order valence-corrected chi connectivity index (χ4v) is 3.32. The Morgan fingerprint density at radius 1 is 0.833 bits per heavy atom. The zero-order valence-electron chi connectivity index (χ0n) is 17.5. The highest BCUT2D eigenvalue weighted by atomic mass is 19.4. The van der Waals surface area contributed by atoms with E-state index in [2.05, 4.69) is 0 Å². The summed E-state index contributed by atoms with van der Waals surface area (Å²) in [5, 5.41) is 0. The average molecular weight is 447 g/mol. The first kappa shape index (κ1) is 26.5. The second kappa shape index (κ2) is 11.2. The molecule has 0 amide bonds. The summed E-state index contributed by atoms with van der Waals surface area (Å²) in [6.07, 6.45) is -0.953. The predicted molar refractivity (Wildman–Crippen MR) is 101 cm³/mol. The summed E-state index contributed by atoms with van der Waals surface area (Å²) in [6, 6.07) is 0.364. The zero-order valence-corrected chi connectivity index (χ0v) is 17.5. The van der Waals surface area contributed by atoms with Gasteiger partial charge in [0.15, 0.2) is 17.5 Å². The topological polar surface area (TPSA) is 3.24 Å². The zero-order chi connectivity index (χ0) is 23.1. The van der Waals surface area contributed by atoms with E-state index >= 15 is 0 Å². The van der Waals surface area contributed by atoms with Gasteiger partial charge in [0, 0.05) is 19.2 Å². The molecule has 174 valence electrons. The molecule has 0 aliphatic heterocycles. The van der Waals surface area contributed by atoms with E-state index in [4.69, 9.17) is 0 Å². The lowest BCUT2D eigenvalue weighted by Crippen LogP contribution is -2.37. The van der Waals surface area contributed by atoms with E-state index in [1.165, 1.54) is 4.90 Å². The van der Waals surface area contributed by atoms with Gasteiger partial charge < -0.3 is 4.90 Å². The van der Waals surface area contributed by atoms with E-state index in [1.54, 1.807) is 0 Å². The minimum absolute atomic E-state index is 0.125. The number of nitrogens with zero attached hydrogens (tertiary/aromatic N) is 1. The third kappa shape index (κ3) is 6.23. The number of hydrogen-bond donors (Lipinski definition) is 0. The number of anilines is 1. The van der Waals surface area contributed by atoms with Crippen molar-refractivity contribution in [2.24, 2.45) is 5.92 Å². The van der Waals surface area contributed by atoms with Crippen LogP contribution in [0.4, 0.5) is 40.8 Å². The van der Waals surface area contributed by atoms with E-state index in [1.807, 2.05) is 20.8 Å². The fourth-order valence-electron chi connectivity index (χ4n) is 3.32. The van der Waals surface area contributed by atoms with Crippen molar-refractivity contribution < 1.29 is 35.1 Å². The van der Waals surface area contributed by atoms with Crippen LogP contribution >= 0.6 is 0 Å². The second-order valence-electron chi connectivity index (χ2n) is 7.50. The lowest BCUT2D eigenvalue weighted by Gasteiger charge is -2.29. The predicted octanol–water partition coefficient (Wildman–Crippen LogP) is 7.97. The number of benzene rings is 1. The van der Waals surface area contributed by atoms with Crippen LogP contribution in [0.25, 0.3) is 0 Å². The first-order chi connectivity index (χ1) is 13.9. The molecule has 0 aliphatic rings. The molecule has 0 saturated heterocycles. The SMILES string of the molecule is CCCCC(CC)CCN(CCCC)c1cc(F)c(F)c(C(F)(F)C(F)(F)F)c1F. The normalized spacial score (nSPS) is 13.6. The van der Waals surface area contributed by atoms with E-state index in [0.717, 1.165) is 25.7 Å². The molecule has 0 fully saturated rings. The number of rotatable bonds is 12. The standard InChI is InChI=1S/C21H29F8N/c1-4-7-9-14(6-3)10-12-30(11-8-5-2)16-13-15(22)18(23)17(19(16)24)20(25,26)21(27,28)29/h13-14H,4-12H2,1-3H3. The van der Waals surface area contributed by atoms with Crippen LogP contribution in [-0.4, -0.2) is 19.3 Å². The monoisotopic (exact) mass is 447 g/mol. The molecule has 1 unspecified atom stereocenters. The molecule has 0 bridgehead atoms. The van der Waals surface area contributed by atoms with Gasteiger partial charge in [0.1, 0.15) is 5.56 Å². The Morgan fingerprint density at radius 2 is 1.43 bits per heavy atom. The molecule has 1 rings (SSSR count). The van der Waals surface area contributed by atoms with Gasteiger partial charge >= 0.3 is 12.1 Å². The lowest BCUT2D eigenvalue weighted by atomic mass is 9.95. The Bertz CT molecular complexity index is 672. The Balaban J connectivity index is 3.37. The van der Waals surface area contributed by atoms with Crippen LogP contribution < -0.4 is 4.90 Å². The highest BCUT2D eigenvalue weighted by molar-refractivity contribution is 5.52. The molecule has 9 heteroatoms. The van der Waals surface area contributed by atoms with Crippen molar-refractivity contribution >= 4 is 5.69 Å². The third-order valence-electron chi connectivity index (χ3n) is 5.28. The fraction of sp³-hybridized carbons (Fsp3) is 0.714. The Morgan fingerprint density at radius 3 is 1.93 bits per heavy atom. The van der Waals surface area contributed by atoms with E-state index in [9.17, 15) is 35.1 Å². The summed E-state index contributed by atoms with van der Waals surface area (Å²) >= 11 is 0. The van der Waals surface area contributed by atoms with Crippen molar-refractivity contribution in [2.45, 2.75) is 77.8 Å². The summed E-state index contributed by atoms with van der Waals surface area (Å²) in [4.78, 5) is 1.24. The molecule has 0 radical (unpaired) electrons. The lowest BCUT2D eigenvalue weighted by molar-refractivity contribution is -0.291. The van der Waals surface area contributed by atoms with Gasteiger partial charge in [-0.1, -0.05) is 52.9 Å². The molecule has 30 heavy (non-hydrogen) atoms. The molecule has 1 atom stereocenters. The van der Waals surface area contributed by atoms with Crippen LogP contribution in [0.2, 0.25) is 0 Å². The smallest absolute Gasteiger partial charge is 0.369 e. The van der Waals surface area contributed by atoms with Crippen molar-refractivity contribution in [3.63, 3.8) is 0 Å². The highest BCUT2D eigenvalue weighted by Crippen LogP contribution is 2.47. The summed E-state index contributed by atoms with van der Waals surface area (Å²) in [6.45, 7) is 6.08. The Kier molecular flexibility index (Phi) is 9.88. The first-order valence-corrected chi connectivity index (χ1v) is 10.3. The van der Waals surface area contributed by atoms with E-state index in [0.29, 0.717) is 25.3 Å². The second-order valence-corrected chi connectivity index (χ2v) is 7.50. The van der Waals surface area contributed by atoms with Gasteiger partial charge in [0.25, 0.3) is 0 Å². The maximum atomic E-state index is 14.8. The van der Waals surface area contributed by atoms with Gasteiger partial charge in [0.2, 0.25) is 0 Å². The maximum Gasteiger partial charge on any atom is 0.458 e. The van der Waals surface area contributed by atoms with Crippen molar-refractivity contribution in [1.29, 1.82) is 0 Å². The van der Waals surface area contributed by atoms with Gasteiger partial charge in [-0.2, -0.15) is 22.0 Å². The van der Waals surface area contributed by atoms with E-state index < -0.39 is 40.8 Å². The minimum atomic E-state index is -6.26. The number of alkyl halides is 5. The number of unbranched alkanes of at least 4 members (excludes halogenated alkanes) is 2. The number of halogens is 8. The van der Waals surface area contributed by atoms with Crippen LogP contribution in [0.15, 0.2) is 6.07 Å². The molecule has 0 spiro atoms. The van der Waals surface area contributed by atoms with Crippen LogP contribution in [0.5, 0.6) is 0 Å². The van der Waals surface area contributed by atoms with Crippen molar-refractivity contribution in [2.75, 3.05) is 18.0 Å². The summed E-state index contributed by atoms with van der Waals surface area (Å²) in [5.74, 6) is -12.2. The number of hydrogen-bond acceptors (Lipinski definition) is 1. The molecule has 0 heterocycles. The molecule has 0 aliphatic carbocycles. The quantitative estimate of drug-likeness (QED) is 0.232. The van der Waals surface area contributed by atoms with Gasteiger partial charge in [-0.15, -0.1) is 0 Å². The highest BCUT2D eigenvalue weighted by Gasteiger charge is 2.62. The van der Waals surface area contributed by atoms with Crippen LogP contribution in [0.1, 0.15) is 71.3 Å². The van der Waals surface area contributed by atoms with Gasteiger partial charge in [-0.25, -0.2) is 13.2 Å². The molecule has 1 aromatic carbocycles. The molecule has 0 aromatic heterocycles. The average Bonchev–Trinajstić information content (AvgIpc) is 2.66. The Hall–Kier alpha value is -1.54. The van der Waals surface area contributed by atoms with Crippen LogP contribution in [0, 0.1) is 23.4 Å². The van der Waals surface area contributed by atoms with E-state index in [-0.39, 0.29) is 19.0 Å². The molecule has 1 aromatic rings.